The molecule has 0 aliphatic heterocycles. The van der Waals surface area contributed by atoms with Crippen molar-refractivity contribution in [1.82, 2.24) is 9.78 Å². The third kappa shape index (κ3) is 3.43. The monoisotopic (exact) mass is 455 g/mol. The van der Waals surface area contributed by atoms with Crippen molar-refractivity contribution < 1.29 is 9.53 Å². The van der Waals surface area contributed by atoms with Crippen LogP contribution in [0.15, 0.2) is 53.0 Å². The van der Waals surface area contributed by atoms with Gasteiger partial charge in [0.25, 0.3) is 5.91 Å². The van der Waals surface area contributed by atoms with Crippen LogP contribution < -0.4 is 10.1 Å². The molecule has 28 heavy (non-hydrogen) atoms. The summed E-state index contributed by atoms with van der Waals surface area (Å²) in [5.74, 6) is 0.651. The van der Waals surface area contributed by atoms with Crippen LogP contribution >= 0.6 is 27.3 Å². The molecular formula is C21H18BrN3O2S. The van der Waals surface area contributed by atoms with Crippen molar-refractivity contribution >= 4 is 49.1 Å². The Morgan fingerprint density at radius 1 is 1.21 bits per heavy atom. The molecule has 0 bridgehead atoms. The van der Waals surface area contributed by atoms with Crippen molar-refractivity contribution in [3.63, 3.8) is 0 Å². The van der Waals surface area contributed by atoms with E-state index in [4.69, 9.17) is 4.74 Å². The highest BCUT2D eigenvalue weighted by Gasteiger charge is 2.18. The Balaban J connectivity index is 1.70. The highest BCUT2D eigenvalue weighted by Crippen LogP contribution is 2.35. The maximum absolute atomic E-state index is 12.8. The minimum Gasteiger partial charge on any atom is -0.497 e. The van der Waals surface area contributed by atoms with Crippen LogP contribution in [0.1, 0.15) is 15.2 Å². The Labute approximate surface area is 175 Å². The van der Waals surface area contributed by atoms with Crippen molar-refractivity contribution in [2.75, 3.05) is 12.4 Å². The van der Waals surface area contributed by atoms with E-state index in [9.17, 15) is 4.79 Å². The van der Waals surface area contributed by atoms with Crippen LogP contribution in [0.5, 0.6) is 5.75 Å². The standard InChI is InChI=1S/C21H18BrN3O2S/c1-12-9-14(22)7-8-17(12)23-20(26)18-11-16-19(24-25(2)21(16)28-18)13-5-4-6-15(10-13)27-3/h4-11H,1-3H3,(H,23,26). The van der Waals surface area contributed by atoms with E-state index >= 15 is 0 Å². The molecule has 0 spiro atoms. The van der Waals surface area contributed by atoms with Crippen LogP contribution in [0.25, 0.3) is 21.5 Å². The minimum atomic E-state index is -0.122. The summed E-state index contributed by atoms with van der Waals surface area (Å²) in [4.78, 5) is 14.4. The SMILES string of the molecule is COc1cccc(-c2nn(C)c3sc(C(=O)Nc4ccc(Br)cc4C)cc23)c1. The van der Waals surface area contributed by atoms with Crippen LogP contribution in [-0.4, -0.2) is 22.8 Å². The molecule has 0 saturated carbocycles. The molecule has 142 valence electrons. The van der Waals surface area contributed by atoms with Gasteiger partial charge in [0.2, 0.25) is 0 Å². The number of rotatable bonds is 4. The number of amides is 1. The van der Waals surface area contributed by atoms with E-state index in [1.807, 2.05) is 67.2 Å². The summed E-state index contributed by atoms with van der Waals surface area (Å²) in [7, 11) is 3.54. The number of nitrogens with zero attached hydrogens (tertiary/aromatic N) is 2. The van der Waals surface area contributed by atoms with Crippen molar-refractivity contribution in [2.45, 2.75) is 6.92 Å². The predicted molar refractivity (Wildman–Crippen MR) is 117 cm³/mol. The molecule has 2 aromatic heterocycles. The fraction of sp³-hybridized carbons (Fsp3) is 0.143. The van der Waals surface area contributed by atoms with Gasteiger partial charge in [-0.3, -0.25) is 9.48 Å². The number of hydrogen-bond acceptors (Lipinski definition) is 4. The average molecular weight is 456 g/mol. The van der Waals surface area contributed by atoms with Gasteiger partial charge in [0, 0.05) is 28.2 Å². The molecule has 2 aromatic carbocycles. The fourth-order valence-corrected chi connectivity index (χ4v) is 4.53. The van der Waals surface area contributed by atoms with E-state index in [0.29, 0.717) is 4.88 Å². The first-order valence-electron chi connectivity index (χ1n) is 8.64. The summed E-state index contributed by atoms with van der Waals surface area (Å²) in [5, 5.41) is 8.60. The average Bonchev–Trinajstić information content (AvgIpc) is 3.25. The van der Waals surface area contributed by atoms with E-state index in [1.54, 1.807) is 7.11 Å². The second kappa shape index (κ2) is 7.41. The number of nitrogens with one attached hydrogen (secondary N) is 1. The Kier molecular flexibility index (Phi) is 4.95. The molecule has 1 N–H and O–H groups in total. The number of thiophene rings is 1. The summed E-state index contributed by atoms with van der Waals surface area (Å²) < 4.78 is 8.13. The molecule has 2 heterocycles. The maximum Gasteiger partial charge on any atom is 0.265 e. The molecular weight excluding hydrogens is 438 g/mol. The number of aromatic nitrogens is 2. The lowest BCUT2D eigenvalue weighted by Gasteiger charge is -2.07. The number of carbonyl (C=O) groups is 1. The molecule has 0 saturated heterocycles. The highest BCUT2D eigenvalue weighted by molar-refractivity contribution is 9.10. The maximum atomic E-state index is 12.8. The zero-order valence-corrected chi connectivity index (χ0v) is 18.0. The molecule has 0 radical (unpaired) electrons. The molecule has 0 aliphatic rings. The lowest BCUT2D eigenvalue weighted by molar-refractivity contribution is 0.103. The van der Waals surface area contributed by atoms with Crippen molar-refractivity contribution in [2.24, 2.45) is 7.05 Å². The number of aryl methyl sites for hydroxylation is 2. The number of anilines is 1. The lowest BCUT2D eigenvalue weighted by Crippen LogP contribution is -2.11. The summed E-state index contributed by atoms with van der Waals surface area (Å²) in [5.41, 5.74) is 3.60. The number of fused-ring (bicyclic) bond motifs is 1. The molecule has 0 fully saturated rings. The van der Waals surface area contributed by atoms with E-state index in [1.165, 1.54) is 11.3 Å². The van der Waals surface area contributed by atoms with Crippen molar-refractivity contribution in [1.29, 1.82) is 0 Å². The summed E-state index contributed by atoms with van der Waals surface area (Å²) >= 11 is 4.88. The highest BCUT2D eigenvalue weighted by atomic mass is 79.9. The lowest BCUT2D eigenvalue weighted by atomic mass is 10.1. The summed E-state index contributed by atoms with van der Waals surface area (Å²) in [6, 6.07) is 15.5. The Bertz CT molecular complexity index is 1200. The first-order valence-corrected chi connectivity index (χ1v) is 10.3. The molecule has 5 nitrogen and oxygen atoms in total. The molecule has 0 aliphatic carbocycles. The van der Waals surface area contributed by atoms with Crippen LogP contribution in [0.4, 0.5) is 5.69 Å². The first-order chi connectivity index (χ1) is 13.5. The molecule has 7 heteroatoms. The van der Waals surface area contributed by atoms with Crippen LogP contribution in [-0.2, 0) is 7.05 Å². The van der Waals surface area contributed by atoms with Gasteiger partial charge >= 0.3 is 0 Å². The largest absolute Gasteiger partial charge is 0.497 e. The van der Waals surface area contributed by atoms with E-state index in [2.05, 4.69) is 26.3 Å². The fourth-order valence-electron chi connectivity index (χ4n) is 3.09. The second-order valence-electron chi connectivity index (χ2n) is 6.45. The topological polar surface area (TPSA) is 56.2 Å². The quantitative estimate of drug-likeness (QED) is 0.433. The third-order valence-corrected chi connectivity index (χ3v) is 6.21. The zero-order chi connectivity index (χ0) is 19.8. The summed E-state index contributed by atoms with van der Waals surface area (Å²) in [6.45, 7) is 1.97. The number of hydrogen-bond donors (Lipinski definition) is 1. The summed E-state index contributed by atoms with van der Waals surface area (Å²) in [6.07, 6.45) is 0. The smallest absolute Gasteiger partial charge is 0.265 e. The van der Waals surface area contributed by atoms with E-state index in [-0.39, 0.29) is 5.91 Å². The Morgan fingerprint density at radius 2 is 2.04 bits per heavy atom. The minimum absolute atomic E-state index is 0.122. The molecule has 0 atom stereocenters. The predicted octanol–water partition coefficient (Wildman–Crippen LogP) is 5.63. The van der Waals surface area contributed by atoms with Crippen molar-refractivity contribution in [3.8, 4) is 17.0 Å². The van der Waals surface area contributed by atoms with Gasteiger partial charge in [0.15, 0.2) is 0 Å². The number of carbonyl (C=O) groups excluding carboxylic acids is 1. The van der Waals surface area contributed by atoms with Gasteiger partial charge in [-0.05, 0) is 48.9 Å². The number of halogens is 1. The Hall–Kier alpha value is -2.64. The molecule has 4 rings (SSSR count). The molecule has 4 aromatic rings. The van der Waals surface area contributed by atoms with Gasteiger partial charge in [-0.25, -0.2) is 0 Å². The molecule has 1 amide bonds. The number of methoxy groups -OCH3 is 1. The van der Waals surface area contributed by atoms with Crippen molar-refractivity contribution in [3.05, 3.63) is 63.4 Å². The van der Waals surface area contributed by atoms with E-state index in [0.717, 1.165) is 42.9 Å². The van der Waals surface area contributed by atoms with Crippen LogP contribution in [0.2, 0.25) is 0 Å². The number of ether oxygens (including phenoxy) is 1. The van der Waals surface area contributed by atoms with E-state index < -0.39 is 0 Å². The van der Waals surface area contributed by atoms with Crippen LogP contribution in [0.3, 0.4) is 0 Å². The third-order valence-electron chi connectivity index (χ3n) is 4.52. The van der Waals surface area contributed by atoms with Gasteiger partial charge in [-0.1, -0.05) is 28.1 Å². The van der Waals surface area contributed by atoms with Gasteiger partial charge in [0.05, 0.1) is 12.0 Å². The second-order valence-corrected chi connectivity index (χ2v) is 8.39. The van der Waals surface area contributed by atoms with Gasteiger partial charge < -0.3 is 10.1 Å². The zero-order valence-electron chi connectivity index (χ0n) is 15.6. The molecule has 0 unspecified atom stereocenters. The van der Waals surface area contributed by atoms with Gasteiger partial charge in [-0.15, -0.1) is 11.3 Å². The first kappa shape index (κ1) is 18.7. The Morgan fingerprint density at radius 3 is 2.79 bits per heavy atom. The normalized spacial score (nSPS) is 11.0. The van der Waals surface area contributed by atoms with Gasteiger partial charge in [0.1, 0.15) is 16.3 Å². The number of benzene rings is 2. The van der Waals surface area contributed by atoms with Gasteiger partial charge in [-0.2, -0.15) is 5.10 Å². The van der Waals surface area contributed by atoms with Crippen LogP contribution in [0, 0.1) is 6.92 Å².